The SMILES string of the molecule is COC(NC(=O)OCCCl)(C(F)(F)F)C(F)(F)F. The molecule has 18 heavy (non-hydrogen) atoms. The maximum absolute atomic E-state index is 12.4. The average Bonchev–Trinajstić information content (AvgIpc) is 2.19. The van der Waals surface area contributed by atoms with Crippen LogP contribution in [0.2, 0.25) is 0 Å². The fourth-order valence-electron chi connectivity index (χ4n) is 0.896. The highest BCUT2D eigenvalue weighted by Crippen LogP contribution is 2.43. The number of carbonyl (C=O) groups is 1. The Balaban J connectivity index is 5.18. The molecule has 0 unspecified atom stereocenters. The van der Waals surface area contributed by atoms with Gasteiger partial charge in [0, 0.05) is 7.11 Å². The molecule has 0 aromatic carbocycles. The topological polar surface area (TPSA) is 47.6 Å². The van der Waals surface area contributed by atoms with Gasteiger partial charge in [0.15, 0.2) is 0 Å². The molecule has 0 radical (unpaired) electrons. The van der Waals surface area contributed by atoms with Gasteiger partial charge < -0.3 is 9.47 Å². The van der Waals surface area contributed by atoms with Gasteiger partial charge in [0.05, 0.1) is 5.88 Å². The van der Waals surface area contributed by atoms with Crippen molar-refractivity contribution in [3.05, 3.63) is 0 Å². The van der Waals surface area contributed by atoms with Gasteiger partial charge in [0.1, 0.15) is 6.61 Å². The molecule has 1 amide bonds. The largest absolute Gasteiger partial charge is 0.448 e. The third-order valence-electron chi connectivity index (χ3n) is 1.69. The quantitative estimate of drug-likeness (QED) is 0.493. The number of rotatable bonds is 4. The van der Waals surface area contributed by atoms with E-state index in [1.807, 2.05) is 0 Å². The second-order valence-electron chi connectivity index (χ2n) is 2.83. The van der Waals surface area contributed by atoms with Crippen molar-refractivity contribution >= 4 is 17.7 Å². The lowest BCUT2D eigenvalue weighted by molar-refractivity contribution is -0.382. The minimum atomic E-state index is -5.92. The first-order valence-corrected chi connectivity index (χ1v) is 4.74. The molecule has 0 heterocycles. The number of hydrogen-bond donors (Lipinski definition) is 1. The highest BCUT2D eigenvalue weighted by Gasteiger charge is 2.73. The predicted octanol–water partition coefficient (Wildman–Crippen LogP) is 2.42. The van der Waals surface area contributed by atoms with E-state index in [4.69, 9.17) is 11.6 Å². The summed E-state index contributed by atoms with van der Waals surface area (Å²) in [4.78, 5) is 10.8. The van der Waals surface area contributed by atoms with Gasteiger partial charge in [-0.1, -0.05) is 0 Å². The lowest BCUT2D eigenvalue weighted by atomic mass is 10.2. The van der Waals surface area contributed by atoms with Gasteiger partial charge in [-0.2, -0.15) is 26.3 Å². The van der Waals surface area contributed by atoms with Crippen LogP contribution in [0.25, 0.3) is 0 Å². The first kappa shape index (κ1) is 17.1. The summed E-state index contributed by atoms with van der Waals surface area (Å²) in [6, 6.07) is 0. The molecule has 0 bridgehead atoms. The minimum Gasteiger partial charge on any atom is -0.448 e. The van der Waals surface area contributed by atoms with Crippen LogP contribution >= 0.6 is 11.6 Å². The summed E-state index contributed by atoms with van der Waals surface area (Å²) in [6.45, 7) is -0.553. The standard InChI is InChI=1S/C7H8ClF6NO3/c1-17-5(6(9,10)11,7(12,13)14)15-4(16)18-3-2-8/h2-3H2,1H3,(H,15,16). The average molecular weight is 304 g/mol. The second kappa shape index (κ2) is 5.83. The lowest BCUT2D eigenvalue weighted by Crippen LogP contribution is -2.68. The van der Waals surface area contributed by atoms with Crippen molar-refractivity contribution in [3.63, 3.8) is 0 Å². The Kier molecular flexibility index (Phi) is 5.54. The van der Waals surface area contributed by atoms with E-state index in [0.29, 0.717) is 5.32 Å². The number of ether oxygens (including phenoxy) is 2. The van der Waals surface area contributed by atoms with Gasteiger partial charge >= 0.3 is 24.2 Å². The Bertz CT molecular complexity index is 278. The molecule has 0 saturated carbocycles. The van der Waals surface area contributed by atoms with E-state index in [2.05, 4.69) is 9.47 Å². The summed E-state index contributed by atoms with van der Waals surface area (Å²) in [5.41, 5.74) is -4.83. The molecule has 1 N–H and O–H groups in total. The summed E-state index contributed by atoms with van der Waals surface area (Å²) in [7, 11) is 0.156. The molecule has 0 saturated heterocycles. The highest BCUT2D eigenvalue weighted by molar-refractivity contribution is 6.18. The Morgan fingerprint density at radius 2 is 1.61 bits per heavy atom. The zero-order valence-electron chi connectivity index (χ0n) is 8.78. The van der Waals surface area contributed by atoms with Crippen LogP contribution in [0.4, 0.5) is 31.1 Å². The van der Waals surface area contributed by atoms with Crippen molar-refractivity contribution in [2.24, 2.45) is 0 Å². The van der Waals surface area contributed by atoms with Gasteiger partial charge in [-0.15, -0.1) is 11.6 Å². The maximum atomic E-state index is 12.4. The van der Waals surface area contributed by atoms with E-state index in [1.54, 1.807) is 0 Å². The second-order valence-corrected chi connectivity index (χ2v) is 3.21. The first-order chi connectivity index (χ1) is 8.02. The zero-order valence-corrected chi connectivity index (χ0v) is 9.54. The number of amides is 1. The van der Waals surface area contributed by atoms with Gasteiger partial charge in [0.25, 0.3) is 0 Å². The molecule has 0 aliphatic heterocycles. The Labute approximate surface area is 102 Å². The number of carbonyl (C=O) groups excluding carboxylic acids is 1. The molecule has 0 aliphatic rings. The Hall–Kier alpha value is -0.900. The van der Waals surface area contributed by atoms with Crippen molar-refractivity contribution in [1.29, 1.82) is 0 Å². The van der Waals surface area contributed by atoms with Crippen LogP contribution < -0.4 is 5.32 Å². The molecule has 0 aliphatic carbocycles. The van der Waals surface area contributed by atoms with Crippen LogP contribution in [0.15, 0.2) is 0 Å². The van der Waals surface area contributed by atoms with Crippen LogP contribution in [0.3, 0.4) is 0 Å². The summed E-state index contributed by atoms with van der Waals surface area (Å²) in [5.74, 6) is -0.286. The molecule has 0 fully saturated rings. The molecule has 0 aromatic heterocycles. The summed E-state index contributed by atoms with van der Waals surface area (Å²) < 4.78 is 81.9. The maximum Gasteiger partial charge on any atom is 0.446 e. The molecule has 0 aromatic rings. The lowest BCUT2D eigenvalue weighted by Gasteiger charge is -2.35. The first-order valence-electron chi connectivity index (χ1n) is 4.21. The van der Waals surface area contributed by atoms with Crippen molar-refractivity contribution in [2.75, 3.05) is 19.6 Å². The van der Waals surface area contributed by atoms with Crippen LogP contribution in [0.1, 0.15) is 0 Å². The van der Waals surface area contributed by atoms with Gasteiger partial charge in [-0.05, 0) is 0 Å². The number of alkyl halides is 7. The van der Waals surface area contributed by atoms with Crippen LogP contribution in [0.5, 0.6) is 0 Å². The number of halogens is 7. The fraction of sp³-hybridized carbons (Fsp3) is 0.857. The highest BCUT2D eigenvalue weighted by atomic mass is 35.5. The van der Waals surface area contributed by atoms with E-state index >= 15 is 0 Å². The van der Waals surface area contributed by atoms with Gasteiger partial charge in [-0.25, -0.2) is 4.79 Å². The molecular formula is C7H8ClF6NO3. The van der Waals surface area contributed by atoms with Crippen LogP contribution in [-0.4, -0.2) is 43.8 Å². The number of hydrogen-bond acceptors (Lipinski definition) is 3. The Morgan fingerprint density at radius 1 is 1.17 bits per heavy atom. The van der Waals surface area contributed by atoms with Crippen LogP contribution in [0, 0.1) is 0 Å². The molecule has 0 spiro atoms. The third kappa shape index (κ3) is 3.55. The zero-order chi connectivity index (χ0) is 14.6. The predicted molar refractivity (Wildman–Crippen MR) is 47.1 cm³/mol. The molecular weight excluding hydrogens is 296 g/mol. The van der Waals surface area contributed by atoms with Crippen molar-refractivity contribution in [1.82, 2.24) is 5.32 Å². The number of methoxy groups -OCH3 is 1. The fourth-order valence-corrected chi connectivity index (χ4v) is 0.973. The monoisotopic (exact) mass is 303 g/mol. The van der Waals surface area contributed by atoms with Gasteiger partial charge in [0.2, 0.25) is 0 Å². The number of nitrogens with one attached hydrogen (secondary N) is 1. The van der Waals surface area contributed by atoms with Crippen molar-refractivity contribution < 1.29 is 40.6 Å². The normalized spacial score (nSPS) is 13.3. The van der Waals surface area contributed by atoms with E-state index in [-0.39, 0.29) is 13.0 Å². The summed E-state index contributed by atoms with van der Waals surface area (Å²) in [5, 5.41) is 0.603. The van der Waals surface area contributed by atoms with E-state index in [9.17, 15) is 31.1 Å². The molecule has 0 atom stereocenters. The number of alkyl carbamates (subject to hydrolysis) is 1. The summed E-state index contributed by atoms with van der Waals surface area (Å²) in [6.07, 6.45) is -13.8. The van der Waals surface area contributed by atoms with Crippen molar-refractivity contribution in [3.8, 4) is 0 Å². The Morgan fingerprint density at radius 3 is 1.89 bits per heavy atom. The van der Waals surface area contributed by atoms with Crippen LogP contribution in [-0.2, 0) is 9.47 Å². The van der Waals surface area contributed by atoms with E-state index in [0.717, 1.165) is 0 Å². The molecule has 0 rings (SSSR count). The molecule has 4 nitrogen and oxygen atoms in total. The summed E-state index contributed by atoms with van der Waals surface area (Å²) >= 11 is 5.05. The third-order valence-corrected chi connectivity index (χ3v) is 1.85. The van der Waals surface area contributed by atoms with Crippen molar-refractivity contribution in [2.45, 2.75) is 18.1 Å². The smallest absolute Gasteiger partial charge is 0.446 e. The molecule has 108 valence electrons. The van der Waals surface area contributed by atoms with Gasteiger partial charge in [-0.3, -0.25) is 5.32 Å². The minimum absolute atomic E-state index is 0.156. The van der Waals surface area contributed by atoms with E-state index in [1.165, 1.54) is 0 Å². The van der Waals surface area contributed by atoms with E-state index < -0.39 is 30.8 Å². The molecule has 11 heteroatoms.